The highest BCUT2D eigenvalue weighted by Gasteiger charge is 2.44. The maximum atomic E-state index is 14.5. The second-order valence-electron chi connectivity index (χ2n) is 13.4. The molecule has 2 atom stereocenters. The number of fused-ring (bicyclic) bond motifs is 1. The largest absolute Gasteiger partial charge is 0.366 e. The highest BCUT2D eigenvalue weighted by Crippen LogP contribution is 2.42. The Bertz CT molecular complexity index is 1870. The molecule has 12 heteroatoms. The van der Waals surface area contributed by atoms with Gasteiger partial charge in [-0.1, -0.05) is 49.0 Å². The number of aromatic nitrogens is 4. The van der Waals surface area contributed by atoms with Crippen LogP contribution >= 0.6 is 0 Å². The molecule has 3 amide bonds. The van der Waals surface area contributed by atoms with Gasteiger partial charge >= 0.3 is 0 Å². The average Bonchev–Trinajstić information content (AvgIpc) is 3.79. The molecule has 7 rings (SSSR count). The van der Waals surface area contributed by atoms with E-state index in [0.717, 1.165) is 61.2 Å². The summed E-state index contributed by atoms with van der Waals surface area (Å²) in [5, 5.41) is 12.3. The molecule has 2 aromatic heterocycles. The molecule has 1 aliphatic carbocycles. The van der Waals surface area contributed by atoms with Crippen LogP contribution in [0.3, 0.4) is 0 Å². The molecular weight excluding hydrogens is 632 g/mol. The lowest BCUT2D eigenvalue weighted by Gasteiger charge is -2.38. The number of carbonyl (C=O) groups is 3. The molecule has 2 fully saturated rings. The fourth-order valence-electron chi connectivity index (χ4n) is 7.00. The van der Waals surface area contributed by atoms with E-state index in [1.165, 1.54) is 0 Å². The number of nitrogens with zero attached hydrogens (tertiary/aromatic N) is 7. The van der Waals surface area contributed by atoms with Crippen LogP contribution in [0, 0.1) is 0 Å². The minimum Gasteiger partial charge on any atom is -0.366 e. The lowest BCUT2D eigenvalue weighted by atomic mass is 9.82. The third-order valence-electron chi connectivity index (χ3n) is 9.67. The number of anilines is 1. The van der Waals surface area contributed by atoms with Crippen LogP contribution in [0.5, 0.6) is 0 Å². The average molecular weight is 677 g/mol. The van der Waals surface area contributed by atoms with Crippen molar-refractivity contribution in [2.75, 3.05) is 44.9 Å². The van der Waals surface area contributed by atoms with E-state index in [1.807, 2.05) is 72.4 Å². The normalized spacial score (nSPS) is 19.5. The first kappa shape index (κ1) is 33.4. The summed E-state index contributed by atoms with van der Waals surface area (Å²) in [4.78, 5) is 47.0. The van der Waals surface area contributed by atoms with E-state index < -0.39 is 17.9 Å². The summed E-state index contributed by atoms with van der Waals surface area (Å²) in [5.74, 6) is -0.648. The van der Waals surface area contributed by atoms with Crippen molar-refractivity contribution >= 4 is 23.5 Å². The number of likely N-dealkylation sites (N-methyl/N-ethyl adjacent to an activating group) is 2. The van der Waals surface area contributed by atoms with Gasteiger partial charge in [0.1, 0.15) is 17.6 Å². The SMILES string of the molecule is C=C(CN1CCCCOC1)C(=O)N(C)Cc1cccc([C@@H]2c3cnn(-c4ccccc4)c3N(CC)C(=O)[C@H]2NC(=O)c2ccn(C3CC3)n2)c1. The molecule has 0 spiro atoms. The Hall–Kier alpha value is -5.07. The van der Waals surface area contributed by atoms with Gasteiger partial charge in [0, 0.05) is 63.1 Å². The molecule has 1 saturated carbocycles. The van der Waals surface area contributed by atoms with E-state index in [4.69, 9.17) is 9.84 Å². The number of hydrogen-bond acceptors (Lipinski definition) is 7. The Balaban J connectivity index is 1.19. The first-order chi connectivity index (χ1) is 24.3. The van der Waals surface area contributed by atoms with Gasteiger partial charge in [-0.3, -0.25) is 28.9 Å². The predicted octanol–water partition coefficient (Wildman–Crippen LogP) is 4.29. The molecule has 4 aromatic rings. The van der Waals surface area contributed by atoms with E-state index in [9.17, 15) is 14.4 Å². The second-order valence-corrected chi connectivity index (χ2v) is 13.4. The van der Waals surface area contributed by atoms with Gasteiger partial charge in [-0.2, -0.15) is 10.2 Å². The summed E-state index contributed by atoms with van der Waals surface area (Å²) >= 11 is 0. The van der Waals surface area contributed by atoms with Gasteiger partial charge in [0.2, 0.25) is 0 Å². The fraction of sp³-hybridized carbons (Fsp3) is 0.395. The van der Waals surface area contributed by atoms with E-state index in [2.05, 4.69) is 21.9 Å². The van der Waals surface area contributed by atoms with Gasteiger partial charge in [0.05, 0.1) is 24.7 Å². The number of hydrogen-bond donors (Lipinski definition) is 1. The molecule has 0 radical (unpaired) electrons. The molecule has 3 aliphatic rings. The number of para-hydroxylation sites is 1. The molecule has 260 valence electrons. The summed E-state index contributed by atoms with van der Waals surface area (Å²) in [5.41, 5.74) is 4.15. The van der Waals surface area contributed by atoms with Gasteiger partial charge in [0.25, 0.3) is 17.7 Å². The summed E-state index contributed by atoms with van der Waals surface area (Å²) in [6.07, 6.45) is 7.75. The van der Waals surface area contributed by atoms with Gasteiger partial charge < -0.3 is 15.0 Å². The third-order valence-corrected chi connectivity index (χ3v) is 9.67. The standard InChI is InChI=1S/C38H44N8O4/c1-4-44-36-31(22-39-46(36)30-13-6-5-7-14-30)33(34(38(44)49)40-35(47)32-17-19-45(41-32)29-15-16-29)28-12-10-11-27(21-28)24-42(3)37(48)26(2)23-43-18-8-9-20-50-25-43/h5-7,10-14,17,19,21-22,29,33-34H,2,4,8-9,15-16,18,20,23-25H2,1,3H3,(H,40,47)/t33-,34+/m1/s1. The monoisotopic (exact) mass is 676 g/mol. The summed E-state index contributed by atoms with van der Waals surface area (Å²) < 4.78 is 9.27. The number of benzene rings is 2. The second kappa shape index (κ2) is 14.4. The lowest BCUT2D eigenvalue weighted by Crippen LogP contribution is -2.55. The van der Waals surface area contributed by atoms with Crippen molar-refractivity contribution in [2.45, 2.75) is 57.2 Å². The molecule has 0 unspecified atom stereocenters. The van der Waals surface area contributed by atoms with Crippen molar-refractivity contribution in [3.63, 3.8) is 0 Å². The van der Waals surface area contributed by atoms with E-state index >= 15 is 0 Å². The summed E-state index contributed by atoms with van der Waals surface area (Å²) in [7, 11) is 1.77. The Morgan fingerprint density at radius 1 is 1.08 bits per heavy atom. The zero-order valence-electron chi connectivity index (χ0n) is 28.7. The smallest absolute Gasteiger partial charge is 0.272 e. The quantitative estimate of drug-likeness (QED) is 0.236. The first-order valence-corrected chi connectivity index (χ1v) is 17.4. The molecule has 50 heavy (non-hydrogen) atoms. The van der Waals surface area contributed by atoms with Gasteiger partial charge in [-0.15, -0.1) is 0 Å². The van der Waals surface area contributed by atoms with Crippen LogP contribution in [0.25, 0.3) is 5.69 Å². The molecule has 2 aromatic carbocycles. The lowest BCUT2D eigenvalue weighted by molar-refractivity contribution is -0.126. The third kappa shape index (κ3) is 6.86. The molecule has 1 N–H and O–H groups in total. The highest BCUT2D eigenvalue weighted by molar-refractivity contribution is 6.04. The maximum absolute atomic E-state index is 14.5. The van der Waals surface area contributed by atoms with Crippen molar-refractivity contribution in [1.82, 2.24) is 34.7 Å². The Morgan fingerprint density at radius 2 is 1.90 bits per heavy atom. The first-order valence-electron chi connectivity index (χ1n) is 17.4. The summed E-state index contributed by atoms with van der Waals surface area (Å²) in [6, 6.07) is 18.7. The van der Waals surface area contributed by atoms with Crippen molar-refractivity contribution in [1.29, 1.82) is 0 Å². The molecular formula is C38H44N8O4. The zero-order valence-corrected chi connectivity index (χ0v) is 28.7. The van der Waals surface area contributed by atoms with Crippen LogP contribution in [0.1, 0.15) is 71.7 Å². The summed E-state index contributed by atoms with van der Waals surface area (Å²) in [6.45, 7) is 9.31. The van der Waals surface area contributed by atoms with Crippen LogP contribution in [-0.4, -0.2) is 93.1 Å². The van der Waals surface area contributed by atoms with Crippen molar-refractivity contribution in [3.05, 3.63) is 108 Å². The molecule has 12 nitrogen and oxygen atoms in total. The van der Waals surface area contributed by atoms with Crippen LogP contribution in [0.15, 0.2) is 85.2 Å². The number of nitrogens with one attached hydrogen (secondary N) is 1. The molecule has 0 bridgehead atoms. The van der Waals surface area contributed by atoms with Crippen molar-refractivity contribution < 1.29 is 19.1 Å². The van der Waals surface area contributed by atoms with Gasteiger partial charge in [-0.25, -0.2) is 4.68 Å². The van der Waals surface area contributed by atoms with E-state index in [1.54, 1.807) is 33.8 Å². The number of amides is 3. The van der Waals surface area contributed by atoms with Crippen molar-refractivity contribution in [3.8, 4) is 5.69 Å². The predicted molar refractivity (Wildman–Crippen MR) is 189 cm³/mol. The Morgan fingerprint density at radius 3 is 2.68 bits per heavy atom. The van der Waals surface area contributed by atoms with Crippen LogP contribution < -0.4 is 10.2 Å². The minimum atomic E-state index is -0.917. The zero-order chi connectivity index (χ0) is 34.8. The van der Waals surface area contributed by atoms with Crippen LogP contribution in [0.2, 0.25) is 0 Å². The maximum Gasteiger partial charge on any atom is 0.272 e. The Kier molecular flexibility index (Phi) is 9.64. The topological polar surface area (TPSA) is 118 Å². The molecule has 1 saturated heterocycles. The number of rotatable bonds is 11. The van der Waals surface area contributed by atoms with Crippen LogP contribution in [0.4, 0.5) is 5.82 Å². The van der Waals surface area contributed by atoms with E-state index in [-0.39, 0.29) is 17.5 Å². The highest BCUT2D eigenvalue weighted by atomic mass is 16.5. The molecule has 2 aliphatic heterocycles. The van der Waals surface area contributed by atoms with Crippen LogP contribution in [-0.2, 0) is 20.9 Å². The fourth-order valence-corrected chi connectivity index (χ4v) is 7.00. The Labute approximate surface area is 292 Å². The number of ether oxygens (including phenoxy) is 1. The van der Waals surface area contributed by atoms with Crippen molar-refractivity contribution in [2.24, 2.45) is 0 Å². The number of carbonyl (C=O) groups excluding carboxylic acids is 3. The van der Waals surface area contributed by atoms with E-state index in [0.29, 0.717) is 43.8 Å². The minimum absolute atomic E-state index is 0.131. The molecule has 4 heterocycles. The van der Waals surface area contributed by atoms with Gasteiger partial charge in [-0.05, 0) is 61.9 Å². The van der Waals surface area contributed by atoms with Gasteiger partial charge in [0.15, 0.2) is 0 Å².